The highest BCUT2D eigenvalue weighted by Gasteiger charge is 2.39. The number of rotatable bonds is 3. The van der Waals surface area contributed by atoms with Crippen molar-refractivity contribution in [1.29, 1.82) is 0 Å². The van der Waals surface area contributed by atoms with Gasteiger partial charge in [-0.15, -0.1) is 0 Å². The minimum Gasteiger partial charge on any atom is -0.354 e. The number of aromatic nitrogens is 2. The van der Waals surface area contributed by atoms with E-state index in [1.54, 1.807) is 12.1 Å². The number of nitrogens with one attached hydrogen (secondary N) is 2. The molecular formula is C40H26F6N2. The normalized spacial score (nSPS) is 12.6. The Morgan fingerprint density at radius 3 is 1.21 bits per heavy atom. The predicted octanol–water partition coefficient (Wildman–Crippen LogP) is 12.6. The minimum absolute atomic E-state index is 0.248. The van der Waals surface area contributed by atoms with Crippen molar-refractivity contribution in [3.05, 3.63) is 131 Å². The highest BCUT2D eigenvalue weighted by Crippen LogP contribution is 2.46. The first-order valence-corrected chi connectivity index (χ1v) is 15.3. The van der Waals surface area contributed by atoms with Gasteiger partial charge in [0.1, 0.15) is 0 Å². The summed E-state index contributed by atoms with van der Waals surface area (Å²) in [6.45, 7) is 3.72. The maximum absolute atomic E-state index is 14.8. The van der Waals surface area contributed by atoms with Crippen LogP contribution in [0.4, 0.5) is 26.3 Å². The van der Waals surface area contributed by atoms with Gasteiger partial charge in [-0.25, -0.2) is 0 Å². The van der Waals surface area contributed by atoms with E-state index in [0.717, 1.165) is 68.0 Å². The monoisotopic (exact) mass is 648 g/mol. The summed E-state index contributed by atoms with van der Waals surface area (Å²) in [7, 11) is 0. The Kier molecular flexibility index (Phi) is 6.54. The molecule has 2 N–H and O–H groups in total. The van der Waals surface area contributed by atoms with Gasteiger partial charge in [-0.2, -0.15) is 26.3 Å². The largest absolute Gasteiger partial charge is 0.417 e. The summed E-state index contributed by atoms with van der Waals surface area (Å²) in [6, 6.07) is 29.8. The smallest absolute Gasteiger partial charge is 0.354 e. The van der Waals surface area contributed by atoms with Crippen LogP contribution in [0.2, 0.25) is 0 Å². The zero-order valence-corrected chi connectivity index (χ0v) is 25.7. The SMILES string of the molecule is Cc1cc(-c2ccc(-c3ccc(-c4cc(C)cc5c4[nH]c4ccccc45)cc3C(F)(F)F)c(C(F)(F)F)c2)c2[nH]c3ccccc3c2c1. The second kappa shape index (κ2) is 10.5. The van der Waals surface area contributed by atoms with Crippen molar-refractivity contribution in [2.45, 2.75) is 26.2 Å². The lowest BCUT2D eigenvalue weighted by molar-refractivity contribution is -0.139. The highest BCUT2D eigenvalue weighted by molar-refractivity contribution is 6.13. The molecule has 2 aromatic heterocycles. The van der Waals surface area contributed by atoms with Gasteiger partial charge in [0.25, 0.3) is 0 Å². The average Bonchev–Trinajstić information content (AvgIpc) is 3.61. The second-order valence-electron chi connectivity index (χ2n) is 12.3. The first-order valence-electron chi connectivity index (χ1n) is 15.3. The molecule has 0 aliphatic heterocycles. The molecule has 8 rings (SSSR count). The molecule has 0 saturated carbocycles. The lowest BCUT2D eigenvalue weighted by Crippen LogP contribution is -2.12. The zero-order valence-electron chi connectivity index (χ0n) is 25.7. The topological polar surface area (TPSA) is 31.6 Å². The van der Waals surface area contributed by atoms with Crippen LogP contribution in [0.15, 0.2) is 109 Å². The number of halogens is 6. The van der Waals surface area contributed by atoms with Crippen molar-refractivity contribution in [2.75, 3.05) is 0 Å². The fourth-order valence-electron chi connectivity index (χ4n) is 7.01. The fraction of sp³-hybridized carbons (Fsp3) is 0.100. The van der Waals surface area contributed by atoms with Gasteiger partial charge in [-0.05, 0) is 95.8 Å². The molecule has 6 aromatic carbocycles. The van der Waals surface area contributed by atoms with Gasteiger partial charge in [0, 0.05) is 43.7 Å². The number of hydrogen-bond donors (Lipinski definition) is 2. The molecule has 2 heterocycles. The summed E-state index contributed by atoms with van der Waals surface area (Å²) in [4.78, 5) is 6.64. The number of para-hydroxylation sites is 2. The van der Waals surface area contributed by atoms with Crippen LogP contribution in [0.1, 0.15) is 22.3 Å². The van der Waals surface area contributed by atoms with Crippen LogP contribution in [0, 0.1) is 13.8 Å². The van der Waals surface area contributed by atoms with E-state index in [0.29, 0.717) is 22.2 Å². The Labute approximate surface area is 270 Å². The van der Waals surface area contributed by atoms with E-state index >= 15 is 0 Å². The quantitative estimate of drug-likeness (QED) is 0.179. The summed E-state index contributed by atoms with van der Waals surface area (Å²) >= 11 is 0. The number of aryl methyl sites for hydroxylation is 2. The van der Waals surface area contributed by atoms with Crippen LogP contribution >= 0.6 is 0 Å². The van der Waals surface area contributed by atoms with E-state index in [4.69, 9.17) is 0 Å². The van der Waals surface area contributed by atoms with Gasteiger partial charge < -0.3 is 9.97 Å². The lowest BCUT2D eigenvalue weighted by atomic mass is 9.89. The Morgan fingerprint density at radius 1 is 0.417 bits per heavy atom. The van der Waals surface area contributed by atoms with Crippen LogP contribution in [0.5, 0.6) is 0 Å². The molecule has 0 amide bonds. The van der Waals surface area contributed by atoms with E-state index < -0.39 is 34.6 Å². The Bertz CT molecular complexity index is 2390. The molecule has 48 heavy (non-hydrogen) atoms. The number of hydrogen-bond acceptors (Lipinski definition) is 0. The Hall–Kier alpha value is -5.50. The summed E-state index contributed by atoms with van der Waals surface area (Å²) in [5.41, 5.74) is 2.87. The first kappa shape index (κ1) is 29.9. The van der Waals surface area contributed by atoms with Crippen molar-refractivity contribution in [1.82, 2.24) is 9.97 Å². The van der Waals surface area contributed by atoms with Crippen molar-refractivity contribution >= 4 is 43.6 Å². The number of H-pyrrole nitrogens is 2. The molecule has 0 aliphatic rings. The molecule has 8 heteroatoms. The molecule has 0 saturated heterocycles. The van der Waals surface area contributed by atoms with E-state index in [9.17, 15) is 26.3 Å². The number of aromatic amines is 2. The number of fused-ring (bicyclic) bond motifs is 6. The maximum atomic E-state index is 14.8. The van der Waals surface area contributed by atoms with E-state index in [1.807, 2.05) is 74.5 Å². The lowest BCUT2D eigenvalue weighted by Gasteiger charge is -2.20. The molecule has 0 bridgehead atoms. The van der Waals surface area contributed by atoms with Crippen molar-refractivity contribution in [3.63, 3.8) is 0 Å². The molecule has 238 valence electrons. The third kappa shape index (κ3) is 4.82. The third-order valence-electron chi connectivity index (χ3n) is 9.08. The average molecular weight is 649 g/mol. The van der Waals surface area contributed by atoms with Crippen molar-refractivity contribution in [2.24, 2.45) is 0 Å². The summed E-state index contributed by atoms with van der Waals surface area (Å²) < 4.78 is 88.7. The standard InChI is InChI=1S/C40H26F6N2/c1-21-15-29(37-31(17-21)27-7-3-5-9-35(27)47-37)23-11-13-25(33(19-23)39(41,42)43)26-14-12-24(20-34(26)40(44,45)46)30-16-22(2)18-32-28-8-4-6-10-36(28)48-38(30)32/h3-20,47-48H,1-2H3. The maximum Gasteiger partial charge on any atom is 0.417 e. The summed E-state index contributed by atoms with van der Waals surface area (Å²) in [5, 5.41) is 3.57. The third-order valence-corrected chi connectivity index (χ3v) is 9.08. The molecular weight excluding hydrogens is 622 g/mol. The Morgan fingerprint density at radius 2 is 0.812 bits per heavy atom. The number of alkyl halides is 6. The highest BCUT2D eigenvalue weighted by atomic mass is 19.4. The molecule has 0 unspecified atom stereocenters. The van der Waals surface area contributed by atoms with Crippen LogP contribution in [0.3, 0.4) is 0 Å². The van der Waals surface area contributed by atoms with Crippen LogP contribution in [-0.2, 0) is 12.4 Å². The van der Waals surface area contributed by atoms with Crippen LogP contribution < -0.4 is 0 Å². The van der Waals surface area contributed by atoms with E-state index in [1.165, 1.54) is 12.1 Å². The fourth-order valence-corrected chi connectivity index (χ4v) is 7.01. The van der Waals surface area contributed by atoms with E-state index in [2.05, 4.69) is 9.97 Å². The summed E-state index contributed by atoms with van der Waals surface area (Å²) in [5.74, 6) is 0. The van der Waals surface area contributed by atoms with Gasteiger partial charge in [0.2, 0.25) is 0 Å². The van der Waals surface area contributed by atoms with Gasteiger partial charge in [-0.1, -0.05) is 60.7 Å². The summed E-state index contributed by atoms with van der Waals surface area (Å²) in [6.07, 6.45) is -9.85. The van der Waals surface area contributed by atoms with Crippen LogP contribution in [0.25, 0.3) is 77.0 Å². The molecule has 0 spiro atoms. The van der Waals surface area contributed by atoms with Gasteiger partial charge in [-0.3, -0.25) is 0 Å². The zero-order chi connectivity index (χ0) is 33.5. The first-order chi connectivity index (χ1) is 22.9. The molecule has 0 radical (unpaired) electrons. The Balaban J connectivity index is 1.33. The van der Waals surface area contributed by atoms with Gasteiger partial charge >= 0.3 is 12.4 Å². The molecule has 0 atom stereocenters. The molecule has 2 nitrogen and oxygen atoms in total. The molecule has 0 fully saturated rings. The predicted molar refractivity (Wildman–Crippen MR) is 181 cm³/mol. The van der Waals surface area contributed by atoms with Gasteiger partial charge in [0.15, 0.2) is 0 Å². The molecule has 0 aliphatic carbocycles. The van der Waals surface area contributed by atoms with Gasteiger partial charge in [0.05, 0.1) is 22.2 Å². The van der Waals surface area contributed by atoms with Crippen molar-refractivity contribution < 1.29 is 26.3 Å². The van der Waals surface area contributed by atoms with Crippen molar-refractivity contribution in [3.8, 4) is 33.4 Å². The molecule has 8 aromatic rings. The number of benzene rings is 6. The minimum atomic E-state index is -4.93. The second-order valence-corrected chi connectivity index (χ2v) is 12.3. The van der Waals surface area contributed by atoms with Crippen LogP contribution in [-0.4, -0.2) is 9.97 Å². The van der Waals surface area contributed by atoms with E-state index in [-0.39, 0.29) is 11.1 Å².